The van der Waals surface area contributed by atoms with Gasteiger partial charge in [0.2, 0.25) is 5.91 Å². The standard InChI is InChI=1S/C18H22N2O2/c1-12(21)19-7-5-15(6-8-19)20-9-4-14-10-13-2-3-18(22)16(13)11-17(14)20/h10-11,15H,2-9H2,1H3. The second-order valence-corrected chi connectivity index (χ2v) is 6.74. The molecule has 2 heterocycles. The fourth-order valence-electron chi connectivity index (χ4n) is 4.23. The van der Waals surface area contributed by atoms with Crippen molar-refractivity contribution in [2.75, 3.05) is 24.5 Å². The van der Waals surface area contributed by atoms with Gasteiger partial charge in [0.05, 0.1) is 0 Å². The van der Waals surface area contributed by atoms with E-state index in [1.54, 1.807) is 6.92 Å². The monoisotopic (exact) mass is 298 g/mol. The smallest absolute Gasteiger partial charge is 0.219 e. The lowest BCUT2D eigenvalue weighted by atomic mass is 10.0. The highest BCUT2D eigenvalue weighted by atomic mass is 16.2. The van der Waals surface area contributed by atoms with E-state index in [0.29, 0.717) is 18.2 Å². The molecule has 1 aliphatic carbocycles. The van der Waals surface area contributed by atoms with Crippen molar-refractivity contribution >= 4 is 17.4 Å². The Kier molecular flexibility index (Phi) is 3.21. The quantitative estimate of drug-likeness (QED) is 0.798. The molecule has 0 N–H and O–H groups in total. The zero-order valence-electron chi connectivity index (χ0n) is 13.1. The fourth-order valence-corrected chi connectivity index (χ4v) is 4.23. The van der Waals surface area contributed by atoms with E-state index in [-0.39, 0.29) is 5.91 Å². The van der Waals surface area contributed by atoms with Gasteiger partial charge in [-0.1, -0.05) is 6.07 Å². The van der Waals surface area contributed by atoms with Gasteiger partial charge in [-0.05, 0) is 42.9 Å². The summed E-state index contributed by atoms with van der Waals surface area (Å²) in [5.41, 5.74) is 4.88. The lowest BCUT2D eigenvalue weighted by Gasteiger charge is -2.37. The number of likely N-dealkylation sites (tertiary alicyclic amines) is 1. The van der Waals surface area contributed by atoms with E-state index >= 15 is 0 Å². The molecule has 1 aromatic rings. The average Bonchev–Trinajstić information content (AvgIpc) is 3.09. The first-order valence-electron chi connectivity index (χ1n) is 8.34. The summed E-state index contributed by atoms with van der Waals surface area (Å²) in [4.78, 5) is 27.9. The van der Waals surface area contributed by atoms with Crippen molar-refractivity contribution in [3.63, 3.8) is 0 Å². The summed E-state index contributed by atoms with van der Waals surface area (Å²) in [6.07, 6.45) is 4.74. The van der Waals surface area contributed by atoms with Crippen LogP contribution in [-0.4, -0.2) is 42.3 Å². The minimum atomic E-state index is 0.184. The van der Waals surface area contributed by atoms with Gasteiger partial charge in [-0.25, -0.2) is 0 Å². The Labute approximate surface area is 131 Å². The van der Waals surface area contributed by atoms with Gasteiger partial charge in [0.25, 0.3) is 0 Å². The summed E-state index contributed by atoms with van der Waals surface area (Å²) in [6.45, 7) is 4.42. The van der Waals surface area contributed by atoms with Crippen LogP contribution >= 0.6 is 0 Å². The van der Waals surface area contributed by atoms with Crippen molar-refractivity contribution in [3.05, 3.63) is 28.8 Å². The zero-order valence-corrected chi connectivity index (χ0v) is 13.1. The Bertz CT molecular complexity index is 645. The van der Waals surface area contributed by atoms with E-state index in [1.807, 2.05) is 4.90 Å². The molecule has 0 radical (unpaired) electrons. The van der Waals surface area contributed by atoms with Gasteiger partial charge in [0, 0.05) is 50.3 Å². The molecule has 4 heteroatoms. The Morgan fingerprint density at radius 2 is 1.82 bits per heavy atom. The predicted octanol–water partition coefficient (Wildman–Crippen LogP) is 2.19. The molecular weight excluding hydrogens is 276 g/mol. The van der Waals surface area contributed by atoms with Crippen LogP contribution in [0.3, 0.4) is 0 Å². The normalized spacial score (nSPS) is 21.2. The molecular formula is C18H22N2O2. The van der Waals surface area contributed by atoms with Gasteiger partial charge in [0.15, 0.2) is 5.78 Å². The summed E-state index contributed by atoms with van der Waals surface area (Å²) >= 11 is 0. The van der Waals surface area contributed by atoms with E-state index in [4.69, 9.17) is 0 Å². The largest absolute Gasteiger partial charge is 0.368 e. The third kappa shape index (κ3) is 2.13. The van der Waals surface area contributed by atoms with E-state index in [0.717, 1.165) is 50.9 Å². The van der Waals surface area contributed by atoms with Crippen LogP contribution in [0.1, 0.15) is 47.7 Å². The van der Waals surface area contributed by atoms with Crippen LogP contribution in [-0.2, 0) is 17.6 Å². The summed E-state index contributed by atoms with van der Waals surface area (Å²) in [5, 5.41) is 0. The molecule has 0 aromatic heterocycles. The van der Waals surface area contributed by atoms with Crippen LogP contribution in [0.4, 0.5) is 5.69 Å². The predicted molar refractivity (Wildman–Crippen MR) is 85.4 cm³/mol. The van der Waals surface area contributed by atoms with Crippen molar-refractivity contribution < 1.29 is 9.59 Å². The van der Waals surface area contributed by atoms with Gasteiger partial charge in [-0.3, -0.25) is 9.59 Å². The number of hydrogen-bond acceptors (Lipinski definition) is 3. The minimum absolute atomic E-state index is 0.184. The molecule has 1 amide bonds. The maximum Gasteiger partial charge on any atom is 0.219 e. The zero-order chi connectivity index (χ0) is 15.3. The highest BCUT2D eigenvalue weighted by Gasteiger charge is 2.32. The third-order valence-corrected chi connectivity index (χ3v) is 5.51. The molecule has 0 bridgehead atoms. The molecule has 1 fully saturated rings. The highest BCUT2D eigenvalue weighted by molar-refractivity contribution is 6.01. The molecule has 0 unspecified atom stereocenters. The number of benzene rings is 1. The number of anilines is 1. The number of Topliss-reactive ketones (excluding diaryl/α,β-unsaturated/α-hetero) is 1. The first-order valence-corrected chi connectivity index (χ1v) is 8.34. The number of aryl methyl sites for hydroxylation is 1. The molecule has 0 saturated carbocycles. The van der Waals surface area contributed by atoms with Gasteiger partial charge < -0.3 is 9.80 Å². The van der Waals surface area contributed by atoms with Gasteiger partial charge in [0.1, 0.15) is 0 Å². The van der Waals surface area contributed by atoms with Crippen molar-refractivity contribution in [2.24, 2.45) is 0 Å². The van der Waals surface area contributed by atoms with Crippen molar-refractivity contribution in [1.29, 1.82) is 0 Å². The van der Waals surface area contributed by atoms with Crippen LogP contribution in [0.5, 0.6) is 0 Å². The maximum atomic E-state index is 12.0. The Balaban J connectivity index is 1.56. The summed E-state index contributed by atoms with van der Waals surface area (Å²) in [6, 6.07) is 4.91. The number of amides is 1. The number of hydrogen-bond donors (Lipinski definition) is 0. The lowest BCUT2D eigenvalue weighted by Crippen LogP contribution is -2.45. The van der Waals surface area contributed by atoms with Gasteiger partial charge >= 0.3 is 0 Å². The molecule has 3 aliphatic rings. The lowest BCUT2D eigenvalue weighted by molar-refractivity contribution is -0.129. The molecule has 116 valence electrons. The Morgan fingerprint density at radius 3 is 2.55 bits per heavy atom. The van der Waals surface area contributed by atoms with Crippen LogP contribution in [0.25, 0.3) is 0 Å². The van der Waals surface area contributed by atoms with E-state index < -0.39 is 0 Å². The molecule has 1 saturated heterocycles. The van der Waals surface area contributed by atoms with E-state index in [9.17, 15) is 9.59 Å². The van der Waals surface area contributed by atoms with Crippen LogP contribution in [0, 0.1) is 0 Å². The number of carbonyl (C=O) groups is 2. The number of piperidine rings is 1. The molecule has 2 aliphatic heterocycles. The van der Waals surface area contributed by atoms with Crippen LogP contribution in [0.15, 0.2) is 12.1 Å². The summed E-state index contributed by atoms with van der Waals surface area (Å²) in [5.74, 6) is 0.486. The molecule has 22 heavy (non-hydrogen) atoms. The minimum Gasteiger partial charge on any atom is -0.368 e. The number of fused-ring (bicyclic) bond motifs is 2. The number of rotatable bonds is 1. The van der Waals surface area contributed by atoms with E-state index in [2.05, 4.69) is 17.0 Å². The molecule has 0 spiro atoms. The molecule has 4 nitrogen and oxygen atoms in total. The van der Waals surface area contributed by atoms with E-state index in [1.165, 1.54) is 16.8 Å². The average molecular weight is 298 g/mol. The number of carbonyl (C=O) groups excluding carboxylic acids is 2. The fraction of sp³-hybridized carbons (Fsp3) is 0.556. The second-order valence-electron chi connectivity index (χ2n) is 6.74. The van der Waals surface area contributed by atoms with Crippen molar-refractivity contribution in [1.82, 2.24) is 4.90 Å². The number of ketones is 1. The SMILES string of the molecule is CC(=O)N1CCC(N2CCc3cc4c(cc32)C(=O)CC4)CC1. The molecule has 1 aromatic carbocycles. The van der Waals surface area contributed by atoms with Crippen LogP contribution in [0.2, 0.25) is 0 Å². The first kappa shape index (κ1) is 13.8. The Hall–Kier alpha value is -1.84. The topological polar surface area (TPSA) is 40.6 Å². The van der Waals surface area contributed by atoms with Gasteiger partial charge in [-0.15, -0.1) is 0 Å². The van der Waals surface area contributed by atoms with Crippen molar-refractivity contribution in [3.8, 4) is 0 Å². The highest BCUT2D eigenvalue weighted by Crippen LogP contribution is 2.37. The van der Waals surface area contributed by atoms with Crippen molar-refractivity contribution in [2.45, 2.75) is 45.1 Å². The molecule has 0 atom stereocenters. The number of nitrogens with zero attached hydrogens (tertiary/aromatic N) is 2. The van der Waals surface area contributed by atoms with Crippen LogP contribution < -0.4 is 4.90 Å². The summed E-state index contributed by atoms with van der Waals surface area (Å²) < 4.78 is 0. The summed E-state index contributed by atoms with van der Waals surface area (Å²) in [7, 11) is 0. The maximum absolute atomic E-state index is 12.0. The third-order valence-electron chi connectivity index (χ3n) is 5.51. The molecule has 4 rings (SSSR count). The first-order chi connectivity index (χ1) is 10.6. The Morgan fingerprint density at radius 1 is 1.05 bits per heavy atom. The van der Waals surface area contributed by atoms with Gasteiger partial charge in [-0.2, -0.15) is 0 Å². The second kappa shape index (κ2) is 5.11.